The standard InChI is InChI=1S/C13H24ClIO3Si/c1-7-17-12(16)11(15)10(14)8-9-18-19(5,6)13(2,3)4/h7-9H2,1-6H3/b11-10+. The molecule has 6 heteroatoms. The highest BCUT2D eigenvalue weighted by Gasteiger charge is 2.36. The maximum atomic E-state index is 11.5. The van der Waals surface area contributed by atoms with Gasteiger partial charge in [-0.15, -0.1) is 0 Å². The fourth-order valence-electron chi connectivity index (χ4n) is 1.03. The molecule has 0 bridgehead atoms. The molecule has 0 aliphatic heterocycles. The highest BCUT2D eigenvalue weighted by molar-refractivity contribution is 14.1. The SMILES string of the molecule is CCOC(=O)/C(I)=C(\Cl)CCO[Si](C)(C)C(C)(C)C. The third kappa shape index (κ3) is 6.60. The third-order valence-corrected chi connectivity index (χ3v) is 9.61. The van der Waals surface area contributed by atoms with Crippen LogP contribution in [0.3, 0.4) is 0 Å². The Morgan fingerprint density at radius 3 is 2.26 bits per heavy atom. The summed E-state index contributed by atoms with van der Waals surface area (Å²) in [6.45, 7) is 13.6. The highest BCUT2D eigenvalue weighted by atomic mass is 127. The van der Waals surface area contributed by atoms with Crippen molar-refractivity contribution in [3.05, 3.63) is 8.61 Å². The first kappa shape index (κ1) is 19.4. The molecule has 0 aromatic heterocycles. The van der Waals surface area contributed by atoms with Crippen molar-refractivity contribution in [3.8, 4) is 0 Å². The second-order valence-corrected chi connectivity index (χ2v) is 12.1. The Bertz CT molecular complexity index is 348. The molecule has 112 valence electrons. The summed E-state index contributed by atoms with van der Waals surface area (Å²) in [7, 11) is -1.75. The third-order valence-electron chi connectivity index (χ3n) is 3.28. The smallest absolute Gasteiger partial charge is 0.345 e. The molecule has 0 aromatic carbocycles. The van der Waals surface area contributed by atoms with Gasteiger partial charge in [-0.1, -0.05) is 32.4 Å². The van der Waals surface area contributed by atoms with Crippen LogP contribution in [0, 0.1) is 0 Å². The number of rotatable bonds is 6. The predicted molar refractivity (Wildman–Crippen MR) is 91.3 cm³/mol. The number of ether oxygens (including phenoxy) is 1. The van der Waals surface area contributed by atoms with Gasteiger partial charge in [0.2, 0.25) is 0 Å². The van der Waals surface area contributed by atoms with Gasteiger partial charge in [-0.25, -0.2) is 4.79 Å². The quantitative estimate of drug-likeness (QED) is 0.268. The lowest BCUT2D eigenvalue weighted by atomic mass is 10.2. The molecule has 0 spiro atoms. The first-order chi connectivity index (χ1) is 8.53. The summed E-state index contributed by atoms with van der Waals surface area (Å²) in [5, 5.41) is 0.690. The topological polar surface area (TPSA) is 35.5 Å². The Morgan fingerprint density at radius 1 is 1.32 bits per heavy atom. The first-order valence-electron chi connectivity index (χ1n) is 6.38. The van der Waals surface area contributed by atoms with E-state index in [2.05, 4.69) is 33.9 Å². The minimum Gasteiger partial charge on any atom is -0.462 e. The molecular formula is C13H24ClIO3Si. The molecule has 0 aromatic rings. The predicted octanol–water partition coefficient (Wildman–Crippen LogP) is 4.85. The van der Waals surface area contributed by atoms with E-state index in [9.17, 15) is 4.79 Å². The Hall–Kier alpha value is 0.407. The molecule has 0 amide bonds. The van der Waals surface area contributed by atoms with Gasteiger partial charge in [-0.05, 0) is 47.6 Å². The zero-order valence-corrected chi connectivity index (χ0v) is 16.5. The van der Waals surface area contributed by atoms with Crippen LogP contribution in [-0.4, -0.2) is 27.5 Å². The molecule has 3 nitrogen and oxygen atoms in total. The van der Waals surface area contributed by atoms with Gasteiger partial charge in [0.05, 0.1) is 6.61 Å². The van der Waals surface area contributed by atoms with Crippen molar-refractivity contribution in [1.29, 1.82) is 0 Å². The molecule has 0 rings (SSSR count). The van der Waals surface area contributed by atoms with E-state index in [0.717, 1.165) is 0 Å². The van der Waals surface area contributed by atoms with E-state index in [-0.39, 0.29) is 11.0 Å². The summed E-state index contributed by atoms with van der Waals surface area (Å²) in [4.78, 5) is 11.5. The largest absolute Gasteiger partial charge is 0.462 e. The minimum absolute atomic E-state index is 0.178. The van der Waals surface area contributed by atoms with Crippen molar-refractivity contribution < 1.29 is 14.0 Å². The van der Waals surface area contributed by atoms with Gasteiger partial charge in [0.1, 0.15) is 3.58 Å². The maximum absolute atomic E-state index is 11.5. The average molecular weight is 419 g/mol. The van der Waals surface area contributed by atoms with E-state index < -0.39 is 8.32 Å². The molecule has 0 saturated carbocycles. The van der Waals surface area contributed by atoms with Crippen LogP contribution in [0.5, 0.6) is 0 Å². The lowest BCUT2D eigenvalue weighted by Gasteiger charge is -2.36. The van der Waals surface area contributed by atoms with Crippen LogP contribution >= 0.6 is 34.2 Å². The van der Waals surface area contributed by atoms with Gasteiger partial charge >= 0.3 is 5.97 Å². The van der Waals surface area contributed by atoms with Crippen LogP contribution in [0.2, 0.25) is 18.1 Å². The number of carbonyl (C=O) groups is 1. The molecule has 19 heavy (non-hydrogen) atoms. The number of hydrogen-bond acceptors (Lipinski definition) is 3. The van der Waals surface area contributed by atoms with Gasteiger partial charge in [-0.2, -0.15) is 0 Å². The zero-order valence-electron chi connectivity index (χ0n) is 12.6. The number of carbonyl (C=O) groups excluding carboxylic acids is 1. The molecule has 0 unspecified atom stereocenters. The summed E-state index contributed by atoms with van der Waals surface area (Å²) in [5.41, 5.74) is 0. The minimum atomic E-state index is -1.75. The maximum Gasteiger partial charge on any atom is 0.345 e. The van der Waals surface area contributed by atoms with E-state index in [1.165, 1.54) is 0 Å². The summed E-state index contributed by atoms with van der Waals surface area (Å²) < 4.78 is 11.4. The highest BCUT2D eigenvalue weighted by Crippen LogP contribution is 2.36. The fourth-order valence-corrected chi connectivity index (χ4v) is 2.65. The zero-order chi connectivity index (χ0) is 15.3. The fraction of sp³-hybridized carbons (Fsp3) is 0.769. The van der Waals surface area contributed by atoms with Crippen molar-refractivity contribution in [1.82, 2.24) is 0 Å². The first-order valence-corrected chi connectivity index (χ1v) is 10.7. The number of hydrogen-bond donors (Lipinski definition) is 0. The van der Waals surface area contributed by atoms with Crippen LogP contribution < -0.4 is 0 Å². The average Bonchev–Trinajstić information content (AvgIpc) is 2.26. The molecule has 0 saturated heterocycles. The normalized spacial score (nSPS) is 14.1. The molecule has 0 heterocycles. The molecule has 0 aliphatic carbocycles. The van der Waals surface area contributed by atoms with Crippen molar-refractivity contribution in [2.75, 3.05) is 13.2 Å². The van der Waals surface area contributed by atoms with Gasteiger partial charge in [0.15, 0.2) is 8.32 Å². The van der Waals surface area contributed by atoms with Crippen molar-refractivity contribution >= 4 is 48.5 Å². The van der Waals surface area contributed by atoms with Gasteiger partial charge < -0.3 is 9.16 Å². The van der Waals surface area contributed by atoms with Crippen LogP contribution in [-0.2, 0) is 14.0 Å². The second-order valence-electron chi connectivity index (χ2n) is 5.80. The summed E-state index contributed by atoms with van der Waals surface area (Å²) in [5.74, 6) is -0.361. The van der Waals surface area contributed by atoms with E-state index in [1.54, 1.807) is 6.92 Å². The molecule has 0 N–H and O–H groups in total. The number of esters is 1. The molecule has 0 fully saturated rings. The molecule has 0 radical (unpaired) electrons. The van der Waals surface area contributed by atoms with Gasteiger partial charge in [0, 0.05) is 18.1 Å². The van der Waals surface area contributed by atoms with Crippen LogP contribution in [0.1, 0.15) is 34.1 Å². The lowest BCUT2D eigenvalue weighted by Crippen LogP contribution is -2.41. The molecular weight excluding hydrogens is 395 g/mol. The number of halogens is 2. The Balaban J connectivity index is 4.43. The summed E-state index contributed by atoms with van der Waals surface area (Å²) in [6, 6.07) is 0. The Morgan fingerprint density at radius 2 is 1.84 bits per heavy atom. The van der Waals surface area contributed by atoms with E-state index in [0.29, 0.717) is 28.2 Å². The van der Waals surface area contributed by atoms with Crippen molar-refractivity contribution in [3.63, 3.8) is 0 Å². The molecule has 0 atom stereocenters. The second kappa shape index (κ2) is 8.00. The Kier molecular flexibility index (Phi) is 8.17. The summed E-state index contributed by atoms with van der Waals surface area (Å²) in [6.07, 6.45) is 0.547. The van der Waals surface area contributed by atoms with Crippen LogP contribution in [0.4, 0.5) is 0 Å². The van der Waals surface area contributed by atoms with Gasteiger partial charge in [-0.3, -0.25) is 0 Å². The van der Waals surface area contributed by atoms with Crippen LogP contribution in [0.25, 0.3) is 0 Å². The molecule has 0 aliphatic rings. The van der Waals surface area contributed by atoms with E-state index in [4.69, 9.17) is 20.8 Å². The van der Waals surface area contributed by atoms with E-state index in [1.807, 2.05) is 22.6 Å². The van der Waals surface area contributed by atoms with Crippen molar-refractivity contribution in [2.45, 2.75) is 52.2 Å². The Labute approximate surface area is 136 Å². The van der Waals surface area contributed by atoms with Gasteiger partial charge in [0.25, 0.3) is 0 Å². The lowest BCUT2D eigenvalue weighted by molar-refractivity contribution is -0.137. The summed E-state index contributed by atoms with van der Waals surface area (Å²) >= 11 is 8.03. The monoisotopic (exact) mass is 418 g/mol. The van der Waals surface area contributed by atoms with Crippen molar-refractivity contribution in [2.24, 2.45) is 0 Å². The van der Waals surface area contributed by atoms with Crippen LogP contribution in [0.15, 0.2) is 8.61 Å². The van der Waals surface area contributed by atoms with E-state index >= 15 is 0 Å².